The number of benzene rings is 1. The molecule has 0 bridgehead atoms. The topological polar surface area (TPSA) is 43.1 Å². The highest BCUT2D eigenvalue weighted by Crippen LogP contribution is 2.20. The molecule has 2 nitrogen and oxygen atoms in total. The summed E-state index contributed by atoms with van der Waals surface area (Å²) >= 11 is 2.73. The van der Waals surface area contributed by atoms with Crippen LogP contribution in [0.15, 0.2) is 16.6 Å². The molecule has 2 N–H and O–H groups in total. The number of halogens is 3. The van der Waals surface area contributed by atoms with Crippen LogP contribution in [0.25, 0.3) is 0 Å². The maximum Gasteiger partial charge on any atom is 0.229 e. The molecule has 0 heterocycles. The summed E-state index contributed by atoms with van der Waals surface area (Å²) in [4.78, 5) is 10.3. The number of carbonyl (C=O) groups is 1. The highest BCUT2D eigenvalue weighted by atomic mass is 79.9. The maximum absolute atomic E-state index is 13.0. The van der Waals surface area contributed by atoms with Crippen LogP contribution in [0.5, 0.6) is 0 Å². The van der Waals surface area contributed by atoms with Gasteiger partial charge in [0.15, 0.2) is 0 Å². The molecule has 0 saturated heterocycles. The fourth-order valence-electron chi connectivity index (χ4n) is 0.861. The molecule has 0 saturated carbocycles. The van der Waals surface area contributed by atoms with E-state index in [9.17, 15) is 13.6 Å². The van der Waals surface area contributed by atoms with Crippen LogP contribution < -0.4 is 5.73 Å². The number of nitrogens with two attached hydrogens (primary N) is 1. The summed E-state index contributed by atoms with van der Waals surface area (Å²) in [6, 6.07) is 2.14. The Morgan fingerprint density at radius 2 is 1.93 bits per heavy atom. The van der Waals surface area contributed by atoms with E-state index in [4.69, 9.17) is 5.73 Å². The van der Waals surface area contributed by atoms with Crippen molar-refractivity contribution in [3.63, 3.8) is 0 Å². The van der Waals surface area contributed by atoms with Crippen LogP contribution in [-0.4, -0.2) is 5.91 Å². The van der Waals surface area contributed by atoms with Crippen molar-refractivity contribution in [2.75, 3.05) is 0 Å². The third kappa shape index (κ3) is 3.33. The highest BCUT2D eigenvalue weighted by Gasteiger charge is 2.06. The number of hydrogen-bond acceptors (Lipinski definition) is 1. The van der Waals surface area contributed by atoms with Crippen LogP contribution in [0.2, 0.25) is 0 Å². The van der Waals surface area contributed by atoms with Crippen LogP contribution in [0.1, 0.15) is 12.0 Å². The molecule has 1 aromatic carbocycles. The van der Waals surface area contributed by atoms with Crippen molar-refractivity contribution >= 4 is 21.8 Å². The molecule has 0 aliphatic heterocycles. The molecule has 78 valence electrons. The van der Waals surface area contributed by atoms with E-state index in [0.717, 1.165) is 12.1 Å². The predicted molar refractivity (Wildman–Crippen MR) is 54.7 cm³/mol. The van der Waals surface area contributed by atoms with Gasteiger partial charge in [0.2, 0.25) is 5.91 Å². The number of amides is 1. The van der Waals surface area contributed by atoms with E-state index in [-0.39, 0.29) is 16.5 Å². The van der Waals surface area contributed by atoms with Crippen molar-refractivity contribution < 1.29 is 13.6 Å². The smallest absolute Gasteiger partial charge is 0.229 e. The monoisotopic (exact) mass is 273 g/mol. The molecule has 1 amide bonds. The highest BCUT2D eigenvalue weighted by molar-refractivity contribution is 9.10. The van der Waals surface area contributed by atoms with E-state index in [1.54, 1.807) is 0 Å². The van der Waals surface area contributed by atoms with Crippen molar-refractivity contribution in [2.45, 2.75) is 6.42 Å². The molecular weight excluding hydrogens is 268 g/mol. The van der Waals surface area contributed by atoms with E-state index in [2.05, 4.69) is 27.8 Å². The summed E-state index contributed by atoms with van der Waals surface area (Å²) in [7, 11) is 0. The lowest BCUT2D eigenvalue weighted by atomic mass is 10.2. The molecule has 0 fully saturated rings. The Labute approximate surface area is 93.6 Å². The molecule has 0 aliphatic carbocycles. The third-order valence-corrected chi connectivity index (χ3v) is 2.24. The lowest BCUT2D eigenvalue weighted by Gasteiger charge is -1.97. The molecular formula is C10H6BrF2NO. The average molecular weight is 274 g/mol. The van der Waals surface area contributed by atoms with Gasteiger partial charge >= 0.3 is 0 Å². The Balaban J connectivity index is 2.95. The summed E-state index contributed by atoms with van der Waals surface area (Å²) in [5.41, 5.74) is 5.00. The summed E-state index contributed by atoms with van der Waals surface area (Å²) in [6.45, 7) is 0. The predicted octanol–water partition coefficient (Wildman–Crippen LogP) is 1.95. The number of primary amides is 1. The second-order valence-corrected chi connectivity index (χ2v) is 3.49. The first kappa shape index (κ1) is 11.7. The minimum absolute atomic E-state index is 0.140. The Morgan fingerprint density at radius 1 is 1.40 bits per heavy atom. The lowest BCUT2D eigenvalue weighted by molar-refractivity contribution is -0.117. The Kier molecular flexibility index (Phi) is 3.81. The lowest BCUT2D eigenvalue weighted by Crippen LogP contribution is -2.08. The van der Waals surface area contributed by atoms with E-state index < -0.39 is 17.5 Å². The second-order valence-electron chi connectivity index (χ2n) is 2.70. The first-order chi connectivity index (χ1) is 7.00. The summed E-state index contributed by atoms with van der Waals surface area (Å²) in [6.07, 6.45) is -0.140. The fraction of sp³-hybridized carbons (Fsp3) is 0.100. The zero-order valence-electron chi connectivity index (χ0n) is 7.48. The summed E-state index contributed by atoms with van der Waals surface area (Å²) in [5.74, 6) is 2.78. The quantitative estimate of drug-likeness (QED) is 0.617. The van der Waals surface area contributed by atoms with E-state index in [0.29, 0.717) is 0 Å². The van der Waals surface area contributed by atoms with Gasteiger partial charge in [-0.3, -0.25) is 4.79 Å². The Hall–Kier alpha value is -1.41. The number of hydrogen-bond donors (Lipinski definition) is 1. The minimum Gasteiger partial charge on any atom is -0.369 e. The van der Waals surface area contributed by atoms with Gasteiger partial charge in [-0.2, -0.15) is 0 Å². The van der Waals surface area contributed by atoms with E-state index in [1.165, 1.54) is 0 Å². The zero-order valence-corrected chi connectivity index (χ0v) is 9.07. The molecule has 5 heteroatoms. The molecule has 0 aliphatic rings. The van der Waals surface area contributed by atoms with Gasteiger partial charge in [0.05, 0.1) is 10.9 Å². The standard InChI is InChI=1S/C10H6BrF2NO/c11-10-7(12)4-6(5-8(10)13)2-1-3-9(14)15/h4-5H,3H2,(H2,14,15). The molecule has 0 aromatic heterocycles. The van der Waals surface area contributed by atoms with Crippen molar-refractivity contribution in [1.29, 1.82) is 0 Å². The van der Waals surface area contributed by atoms with Gasteiger partial charge in [0.25, 0.3) is 0 Å². The van der Waals surface area contributed by atoms with Crippen molar-refractivity contribution in [1.82, 2.24) is 0 Å². The van der Waals surface area contributed by atoms with Crippen molar-refractivity contribution in [3.8, 4) is 11.8 Å². The normalized spacial score (nSPS) is 9.27. The molecule has 15 heavy (non-hydrogen) atoms. The van der Waals surface area contributed by atoms with Crippen LogP contribution in [0.3, 0.4) is 0 Å². The van der Waals surface area contributed by atoms with Crippen LogP contribution in [-0.2, 0) is 4.79 Å². The first-order valence-corrected chi connectivity index (χ1v) is 4.71. The molecule has 1 rings (SSSR count). The van der Waals surface area contributed by atoms with Crippen molar-refractivity contribution in [2.24, 2.45) is 5.73 Å². The molecule has 0 radical (unpaired) electrons. The maximum atomic E-state index is 13.0. The first-order valence-electron chi connectivity index (χ1n) is 3.92. The van der Waals surface area contributed by atoms with Gasteiger partial charge in [-0.25, -0.2) is 8.78 Å². The van der Waals surface area contributed by atoms with Gasteiger partial charge < -0.3 is 5.73 Å². The minimum atomic E-state index is -0.738. The van der Waals surface area contributed by atoms with Gasteiger partial charge in [0, 0.05) is 5.56 Å². The SMILES string of the molecule is NC(=O)CC#Cc1cc(F)c(Br)c(F)c1. The molecule has 0 atom stereocenters. The van der Waals surface area contributed by atoms with Gasteiger partial charge in [-0.15, -0.1) is 0 Å². The van der Waals surface area contributed by atoms with Gasteiger partial charge in [-0.05, 0) is 28.1 Å². The molecule has 1 aromatic rings. The Morgan fingerprint density at radius 3 is 2.40 bits per heavy atom. The summed E-state index contributed by atoms with van der Waals surface area (Å²) in [5, 5.41) is 0. The van der Waals surface area contributed by atoms with Crippen LogP contribution >= 0.6 is 15.9 Å². The van der Waals surface area contributed by atoms with E-state index in [1.807, 2.05) is 0 Å². The fourth-order valence-corrected chi connectivity index (χ4v) is 1.09. The summed E-state index contributed by atoms with van der Waals surface area (Å²) < 4.78 is 25.7. The van der Waals surface area contributed by atoms with E-state index >= 15 is 0 Å². The largest absolute Gasteiger partial charge is 0.369 e. The van der Waals surface area contributed by atoms with Crippen LogP contribution in [0.4, 0.5) is 8.78 Å². The second kappa shape index (κ2) is 4.89. The molecule has 0 spiro atoms. The third-order valence-electron chi connectivity index (χ3n) is 1.48. The van der Waals surface area contributed by atoms with Gasteiger partial charge in [-0.1, -0.05) is 11.8 Å². The Bertz CT molecular complexity index is 439. The van der Waals surface area contributed by atoms with Crippen LogP contribution in [0, 0.1) is 23.5 Å². The average Bonchev–Trinajstić information content (AvgIpc) is 2.13. The van der Waals surface area contributed by atoms with Gasteiger partial charge in [0.1, 0.15) is 11.6 Å². The number of carbonyl (C=O) groups excluding carboxylic acids is 1. The number of rotatable bonds is 1. The zero-order chi connectivity index (χ0) is 11.4. The van der Waals surface area contributed by atoms with Crippen molar-refractivity contribution in [3.05, 3.63) is 33.8 Å². The molecule has 0 unspecified atom stereocenters.